The van der Waals surface area contributed by atoms with E-state index in [0.717, 1.165) is 43.3 Å². The number of nitrogens with zero attached hydrogens (tertiary/aromatic N) is 1. The second-order valence-corrected chi connectivity index (χ2v) is 6.10. The lowest BCUT2D eigenvalue weighted by Crippen LogP contribution is -2.40. The zero-order valence-electron chi connectivity index (χ0n) is 15.6. The lowest BCUT2D eigenvalue weighted by Gasteiger charge is -2.17. The first kappa shape index (κ1) is 19.5. The van der Waals surface area contributed by atoms with E-state index >= 15 is 0 Å². The largest absolute Gasteiger partial charge is 0.491 e. The monoisotopic (exact) mass is 349 g/mol. The molecule has 0 bridgehead atoms. The van der Waals surface area contributed by atoms with Gasteiger partial charge in [0.05, 0.1) is 12.7 Å². The Kier molecular flexibility index (Phi) is 8.55. The molecule has 1 heterocycles. The molecule has 0 amide bonds. The standard InChI is InChI=1S/C19H31N3O3/c1-4-23-10-11-25-18-12-15(2)7-8-16(18)13-21-19(20-3)22-14-17-6-5-9-24-17/h7-8,12,17H,4-6,9-11,13-14H2,1-3H3,(H2,20,21,22). The minimum absolute atomic E-state index is 0.287. The van der Waals surface area contributed by atoms with Gasteiger partial charge in [0, 0.05) is 38.9 Å². The first-order chi connectivity index (χ1) is 12.2. The normalized spacial score (nSPS) is 17.6. The van der Waals surface area contributed by atoms with Gasteiger partial charge >= 0.3 is 0 Å². The van der Waals surface area contributed by atoms with E-state index in [1.54, 1.807) is 7.05 Å². The summed E-state index contributed by atoms with van der Waals surface area (Å²) in [6.45, 7) is 8.20. The van der Waals surface area contributed by atoms with Crippen LogP contribution in [0.4, 0.5) is 0 Å². The van der Waals surface area contributed by atoms with E-state index in [4.69, 9.17) is 14.2 Å². The Labute approximate surface area is 151 Å². The van der Waals surface area contributed by atoms with Gasteiger partial charge < -0.3 is 24.8 Å². The summed E-state index contributed by atoms with van der Waals surface area (Å²) >= 11 is 0. The first-order valence-corrected chi connectivity index (χ1v) is 9.09. The molecule has 1 aliphatic rings. The van der Waals surface area contributed by atoms with Crippen molar-refractivity contribution in [3.8, 4) is 5.75 Å². The summed E-state index contributed by atoms with van der Waals surface area (Å²) in [5.41, 5.74) is 2.28. The van der Waals surface area contributed by atoms with Gasteiger partial charge in [0.25, 0.3) is 0 Å². The molecule has 2 rings (SSSR count). The van der Waals surface area contributed by atoms with Crippen LogP contribution in [0.15, 0.2) is 23.2 Å². The summed E-state index contributed by atoms with van der Waals surface area (Å²) in [5, 5.41) is 6.67. The van der Waals surface area contributed by atoms with E-state index in [0.29, 0.717) is 26.4 Å². The van der Waals surface area contributed by atoms with E-state index in [2.05, 4.69) is 40.7 Å². The van der Waals surface area contributed by atoms with Gasteiger partial charge in [-0.25, -0.2) is 0 Å². The Hall–Kier alpha value is -1.79. The molecule has 1 aromatic rings. The fraction of sp³-hybridized carbons (Fsp3) is 0.632. The highest BCUT2D eigenvalue weighted by Gasteiger charge is 2.15. The molecular formula is C19H31N3O3. The molecule has 0 spiro atoms. The Morgan fingerprint density at radius 1 is 1.32 bits per heavy atom. The number of rotatable bonds is 9. The van der Waals surface area contributed by atoms with Crippen LogP contribution in [0.3, 0.4) is 0 Å². The fourth-order valence-electron chi connectivity index (χ4n) is 2.71. The number of ether oxygens (including phenoxy) is 3. The Balaban J connectivity index is 1.84. The maximum Gasteiger partial charge on any atom is 0.191 e. The molecule has 140 valence electrons. The van der Waals surface area contributed by atoms with Crippen molar-refractivity contribution in [2.45, 2.75) is 39.3 Å². The number of hydrogen-bond acceptors (Lipinski definition) is 4. The van der Waals surface area contributed by atoms with Gasteiger partial charge in [0.15, 0.2) is 5.96 Å². The number of nitrogens with one attached hydrogen (secondary N) is 2. The highest BCUT2D eigenvalue weighted by atomic mass is 16.5. The van der Waals surface area contributed by atoms with Gasteiger partial charge in [0.1, 0.15) is 12.4 Å². The van der Waals surface area contributed by atoms with Crippen LogP contribution in [0.25, 0.3) is 0 Å². The summed E-state index contributed by atoms with van der Waals surface area (Å²) in [6.07, 6.45) is 2.54. The smallest absolute Gasteiger partial charge is 0.191 e. The molecule has 1 aromatic carbocycles. The zero-order valence-corrected chi connectivity index (χ0v) is 15.6. The number of aliphatic imine (C=N–C) groups is 1. The summed E-state index contributed by atoms with van der Waals surface area (Å²) in [7, 11) is 1.78. The van der Waals surface area contributed by atoms with Crippen LogP contribution in [-0.2, 0) is 16.0 Å². The van der Waals surface area contributed by atoms with Crippen LogP contribution >= 0.6 is 0 Å². The Bertz CT molecular complexity index is 543. The van der Waals surface area contributed by atoms with Crippen LogP contribution in [0.5, 0.6) is 5.75 Å². The quantitative estimate of drug-likeness (QED) is 0.407. The van der Waals surface area contributed by atoms with Crippen molar-refractivity contribution in [2.75, 3.05) is 40.0 Å². The SMILES string of the molecule is CCOCCOc1cc(C)ccc1CNC(=NC)NCC1CCCO1. The molecule has 6 nitrogen and oxygen atoms in total. The van der Waals surface area contributed by atoms with Crippen molar-refractivity contribution >= 4 is 5.96 Å². The molecule has 2 N–H and O–H groups in total. The van der Waals surface area contributed by atoms with Gasteiger partial charge in [-0.05, 0) is 38.3 Å². The third-order valence-electron chi connectivity index (χ3n) is 4.10. The second kappa shape index (κ2) is 10.9. The highest BCUT2D eigenvalue weighted by molar-refractivity contribution is 5.79. The highest BCUT2D eigenvalue weighted by Crippen LogP contribution is 2.20. The molecule has 1 unspecified atom stereocenters. The minimum atomic E-state index is 0.287. The van der Waals surface area contributed by atoms with E-state index in [9.17, 15) is 0 Å². The Morgan fingerprint density at radius 3 is 2.92 bits per heavy atom. The van der Waals surface area contributed by atoms with E-state index < -0.39 is 0 Å². The molecule has 0 aliphatic carbocycles. The predicted octanol–water partition coefficient (Wildman–Crippen LogP) is 2.25. The fourth-order valence-corrected chi connectivity index (χ4v) is 2.71. The molecule has 6 heteroatoms. The molecule has 1 saturated heterocycles. The third kappa shape index (κ3) is 6.92. The number of hydrogen-bond donors (Lipinski definition) is 2. The molecule has 0 aromatic heterocycles. The van der Waals surface area contributed by atoms with Crippen LogP contribution < -0.4 is 15.4 Å². The summed E-state index contributed by atoms with van der Waals surface area (Å²) < 4.78 is 16.9. The van der Waals surface area contributed by atoms with Crippen LogP contribution in [0.2, 0.25) is 0 Å². The van der Waals surface area contributed by atoms with Crippen molar-refractivity contribution in [2.24, 2.45) is 4.99 Å². The number of benzene rings is 1. The van der Waals surface area contributed by atoms with E-state index in [1.165, 1.54) is 5.56 Å². The average Bonchev–Trinajstić information content (AvgIpc) is 3.14. The van der Waals surface area contributed by atoms with Crippen molar-refractivity contribution < 1.29 is 14.2 Å². The number of guanidine groups is 1. The van der Waals surface area contributed by atoms with Gasteiger partial charge in [0.2, 0.25) is 0 Å². The van der Waals surface area contributed by atoms with Gasteiger partial charge in [-0.2, -0.15) is 0 Å². The maximum atomic E-state index is 5.88. The molecule has 25 heavy (non-hydrogen) atoms. The van der Waals surface area contributed by atoms with Gasteiger partial charge in [-0.3, -0.25) is 4.99 Å². The maximum absolute atomic E-state index is 5.88. The average molecular weight is 349 g/mol. The summed E-state index contributed by atoms with van der Waals surface area (Å²) in [6, 6.07) is 6.24. The van der Waals surface area contributed by atoms with Crippen molar-refractivity contribution in [3.63, 3.8) is 0 Å². The van der Waals surface area contributed by atoms with Crippen LogP contribution in [0, 0.1) is 6.92 Å². The zero-order chi connectivity index (χ0) is 17.9. The summed E-state index contributed by atoms with van der Waals surface area (Å²) in [5.74, 6) is 1.66. The molecular weight excluding hydrogens is 318 g/mol. The lowest BCUT2D eigenvalue weighted by atomic mass is 10.1. The minimum Gasteiger partial charge on any atom is -0.491 e. The van der Waals surface area contributed by atoms with E-state index in [1.807, 2.05) is 6.92 Å². The predicted molar refractivity (Wildman–Crippen MR) is 100 cm³/mol. The third-order valence-corrected chi connectivity index (χ3v) is 4.10. The van der Waals surface area contributed by atoms with Crippen molar-refractivity contribution in [3.05, 3.63) is 29.3 Å². The Morgan fingerprint density at radius 2 is 2.20 bits per heavy atom. The molecule has 1 atom stereocenters. The topological polar surface area (TPSA) is 64.1 Å². The lowest BCUT2D eigenvalue weighted by molar-refractivity contribution is 0.110. The van der Waals surface area contributed by atoms with Crippen molar-refractivity contribution in [1.82, 2.24) is 10.6 Å². The second-order valence-electron chi connectivity index (χ2n) is 6.10. The first-order valence-electron chi connectivity index (χ1n) is 9.09. The summed E-state index contributed by atoms with van der Waals surface area (Å²) in [4.78, 5) is 4.28. The molecule has 1 fully saturated rings. The van der Waals surface area contributed by atoms with Crippen LogP contribution in [0.1, 0.15) is 30.9 Å². The van der Waals surface area contributed by atoms with E-state index in [-0.39, 0.29) is 6.10 Å². The van der Waals surface area contributed by atoms with Gasteiger partial charge in [-0.15, -0.1) is 0 Å². The number of aryl methyl sites for hydroxylation is 1. The van der Waals surface area contributed by atoms with Crippen molar-refractivity contribution in [1.29, 1.82) is 0 Å². The molecule has 0 saturated carbocycles. The molecule has 0 radical (unpaired) electrons. The van der Waals surface area contributed by atoms with Gasteiger partial charge in [-0.1, -0.05) is 12.1 Å². The molecule has 1 aliphatic heterocycles. The van der Waals surface area contributed by atoms with Crippen LogP contribution in [-0.4, -0.2) is 52.1 Å².